The quantitative estimate of drug-likeness (QED) is 0.863. The van der Waals surface area contributed by atoms with E-state index in [1.165, 1.54) is 18.3 Å². The van der Waals surface area contributed by atoms with Crippen molar-refractivity contribution in [3.05, 3.63) is 24.0 Å². The molecule has 1 aromatic rings. The molecule has 102 valence electrons. The normalized spacial score (nSPS) is 18.8. The van der Waals surface area contributed by atoms with Gasteiger partial charge < -0.3 is 15.2 Å². The fourth-order valence-electron chi connectivity index (χ4n) is 1.98. The van der Waals surface area contributed by atoms with Crippen LogP contribution >= 0.6 is 0 Å². The van der Waals surface area contributed by atoms with E-state index in [0.717, 1.165) is 19.3 Å². The van der Waals surface area contributed by atoms with E-state index in [9.17, 15) is 9.59 Å². The van der Waals surface area contributed by atoms with E-state index in [-0.39, 0.29) is 17.7 Å². The van der Waals surface area contributed by atoms with Crippen LogP contribution in [0.5, 0.6) is 0 Å². The van der Waals surface area contributed by atoms with Gasteiger partial charge in [-0.2, -0.15) is 0 Å². The van der Waals surface area contributed by atoms with Crippen molar-refractivity contribution in [2.75, 3.05) is 11.9 Å². The Kier molecular flexibility index (Phi) is 4.46. The number of carbonyl (C=O) groups excluding carboxylic acids is 1. The molecule has 1 aromatic heterocycles. The fourth-order valence-corrected chi connectivity index (χ4v) is 1.98. The number of nitrogens with one attached hydrogen (secondary N) is 1. The van der Waals surface area contributed by atoms with Crippen molar-refractivity contribution in [3.63, 3.8) is 0 Å². The molecule has 1 unspecified atom stereocenters. The number of aromatic nitrogens is 1. The zero-order valence-electron chi connectivity index (χ0n) is 10.5. The Balaban J connectivity index is 1.85. The van der Waals surface area contributed by atoms with Gasteiger partial charge in [-0.25, -0.2) is 9.78 Å². The van der Waals surface area contributed by atoms with E-state index >= 15 is 0 Å². The molecule has 0 bridgehead atoms. The maximum absolute atomic E-state index is 11.8. The minimum atomic E-state index is -1.09. The van der Waals surface area contributed by atoms with Gasteiger partial charge in [-0.3, -0.25) is 4.79 Å². The third-order valence-corrected chi connectivity index (χ3v) is 2.95. The molecule has 1 aliphatic rings. The molecule has 2 N–H and O–H groups in total. The Hall–Kier alpha value is -1.95. The minimum absolute atomic E-state index is 0.0139. The summed E-state index contributed by atoms with van der Waals surface area (Å²) in [6.45, 7) is 0.715. The summed E-state index contributed by atoms with van der Waals surface area (Å²) in [6, 6.07) is 2.88. The number of nitrogens with zero attached hydrogens (tertiary/aromatic N) is 1. The number of carboxylic acid groups (broad SMARTS) is 1. The number of hydrogen-bond donors (Lipinski definition) is 2. The summed E-state index contributed by atoms with van der Waals surface area (Å²) in [7, 11) is 0. The fraction of sp³-hybridized carbons (Fsp3) is 0.462. The lowest BCUT2D eigenvalue weighted by atomic mass is 10.1. The Labute approximate surface area is 110 Å². The molecule has 1 amide bonds. The van der Waals surface area contributed by atoms with Crippen LogP contribution in [0, 0.1) is 0 Å². The summed E-state index contributed by atoms with van der Waals surface area (Å²) < 4.78 is 5.48. The second-order valence-corrected chi connectivity index (χ2v) is 4.48. The number of hydrogen-bond acceptors (Lipinski definition) is 4. The van der Waals surface area contributed by atoms with Crippen molar-refractivity contribution < 1.29 is 19.4 Å². The third-order valence-electron chi connectivity index (χ3n) is 2.95. The molecule has 0 aromatic carbocycles. The smallest absolute Gasteiger partial charge is 0.354 e. The lowest BCUT2D eigenvalue weighted by molar-refractivity contribution is -0.119. The van der Waals surface area contributed by atoms with E-state index in [4.69, 9.17) is 9.84 Å². The van der Waals surface area contributed by atoms with Crippen LogP contribution in [-0.4, -0.2) is 34.7 Å². The van der Waals surface area contributed by atoms with Crippen LogP contribution in [0.2, 0.25) is 0 Å². The predicted molar refractivity (Wildman–Crippen MR) is 68.0 cm³/mol. The first-order valence-electron chi connectivity index (χ1n) is 6.26. The van der Waals surface area contributed by atoms with Crippen LogP contribution in [0.25, 0.3) is 0 Å². The Morgan fingerprint density at radius 2 is 2.26 bits per heavy atom. The summed E-state index contributed by atoms with van der Waals surface area (Å²) in [4.78, 5) is 26.1. The maximum Gasteiger partial charge on any atom is 0.354 e. The van der Waals surface area contributed by atoms with Gasteiger partial charge in [-0.15, -0.1) is 0 Å². The van der Waals surface area contributed by atoms with Gasteiger partial charge in [-0.1, -0.05) is 0 Å². The second kappa shape index (κ2) is 6.29. The van der Waals surface area contributed by atoms with Crippen molar-refractivity contribution in [2.45, 2.75) is 31.8 Å². The van der Waals surface area contributed by atoms with Crippen LogP contribution in [-0.2, 0) is 9.53 Å². The van der Waals surface area contributed by atoms with Crippen LogP contribution < -0.4 is 5.32 Å². The Bertz CT molecular complexity index is 452. The number of amides is 1. The second-order valence-electron chi connectivity index (χ2n) is 4.48. The van der Waals surface area contributed by atoms with Crippen LogP contribution in [0.3, 0.4) is 0 Å². The molecule has 0 aliphatic carbocycles. The van der Waals surface area contributed by atoms with Crippen LogP contribution in [0.1, 0.15) is 36.2 Å². The van der Waals surface area contributed by atoms with E-state index in [0.29, 0.717) is 18.7 Å². The van der Waals surface area contributed by atoms with Crippen molar-refractivity contribution in [2.24, 2.45) is 0 Å². The van der Waals surface area contributed by atoms with Crippen molar-refractivity contribution in [1.82, 2.24) is 4.98 Å². The number of aromatic carboxylic acids is 1. The Morgan fingerprint density at radius 3 is 2.84 bits per heavy atom. The highest BCUT2D eigenvalue weighted by Gasteiger charge is 2.17. The summed E-state index contributed by atoms with van der Waals surface area (Å²) in [5.74, 6) is -1.23. The van der Waals surface area contributed by atoms with Gasteiger partial charge in [0.15, 0.2) is 0 Å². The highest BCUT2D eigenvalue weighted by molar-refractivity contribution is 5.91. The van der Waals surface area contributed by atoms with Gasteiger partial charge in [0, 0.05) is 6.61 Å². The largest absolute Gasteiger partial charge is 0.477 e. The predicted octanol–water partition coefficient (Wildman–Crippen LogP) is 1.68. The van der Waals surface area contributed by atoms with Crippen molar-refractivity contribution >= 4 is 17.6 Å². The molecule has 2 rings (SSSR count). The lowest BCUT2D eigenvalue weighted by Crippen LogP contribution is -2.25. The summed E-state index contributed by atoms with van der Waals surface area (Å²) in [5, 5.41) is 11.4. The molecular weight excluding hydrogens is 248 g/mol. The molecule has 0 saturated carbocycles. The van der Waals surface area contributed by atoms with E-state index in [1.807, 2.05) is 0 Å². The molecule has 0 radical (unpaired) electrons. The SMILES string of the molecule is O=C(CC1CCCCO1)Nc1ccc(C(=O)O)nc1. The maximum atomic E-state index is 11.8. The van der Waals surface area contributed by atoms with Gasteiger partial charge >= 0.3 is 5.97 Å². The number of anilines is 1. The van der Waals surface area contributed by atoms with E-state index in [2.05, 4.69) is 10.3 Å². The zero-order chi connectivity index (χ0) is 13.7. The summed E-state index contributed by atoms with van der Waals surface area (Å²) in [6.07, 6.45) is 4.69. The molecule has 6 heteroatoms. The summed E-state index contributed by atoms with van der Waals surface area (Å²) >= 11 is 0. The number of rotatable bonds is 4. The number of ether oxygens (including phenoxy) is 1. The molecular formula is C13H16N2O4. The molecule has 2 heterocycles. The van der Waals surface area contributed by atoms with Gasteiger partial charge in [0.2, 0.25) is 5.91 Å². The number of carboxylic acids is 1. The number of pyridine rings is 1. The highest BCUT2D eigenvalue weighted by Crippen LogP contribution is 2.16. The van der Waals surface area contributed by atoms with Crippen molar-refractivity contribution in [1.29, 1.82) is 0 Å². The summed E-state index contributed by atoms with van der Waals surface area (Å²) in [5.41, 5.74) is 0.444. The monoisotopic (exact) mass is 264 g/mol. The molecule has 0 spiro atoms. The van der Waals surface area contributed by atoms with E-state index < -0.39 is 5.97 Å². The molecule has 1 aliphatic heterocycles. The first kappa shape index (κ1) is 13.5. The average molecular weight is 264 g/mol. The van der Waals surface area contributed by atoms with Crippen molar-refractivity contribution in [3.8, 4) is 0 Å². The first-order valence-corrected chi connectivity index (χ1v) is 6.26. The van der Waals surface area contributed by atoms with Gasteiger partial charge in [0.1, 0.15) is 5.69 Å². The Morgan fingerprint density at radius 1 is 1.42 bits per heavy atom. The van der Waals surface area contributed by atoms with Gasteiger partial charge in [-0.05, 0) is 31.4 Å². The highest BCUT2D eigenvalue weighted by atomic mass is 16.5. The van der Waals surface area contributed by atoms with Gasteiger partial charge in [0.25, 0.3) is 0 Å². The number of carbonyl (C=O) groups is 2. The average Bonchev–Trinajstić information content (AvgIpc) is 2.40. The molecule has 6 nitrogen and oxygen atoms in total. The minimum Gasteiger partial charge on any atom is -0.477 e. The van der Waals surface area contributed by atoms with Crippen LogP contribution in [0.4, 0.5) is 5.69 Å². The molecule has 1 fully saturated rings. The molecule has 19 heavy (non-hydrogen) atoms. The molecule has 1 saturated heterocycles. The van der Waals surface area contributed by atoms with Crippen LogP contribution in [0.15, 0.2) is 18.3 Å². The van der Waals surface area contributed by atoms with E-state index in [1.54, 1.807) is 0 Å². The van der Waals surface area contributed by atoms with Gasteiger partial charge in [0.05, 0.1) is 24.4 Å². The third kappa shape index (κ3) is 4.03. The molecule has 1 atom stereocenters. The zero-order valence-corrected chi connectivity index (χ0v) is 10.5. The topological polar surface area (TPSA) is 88.5 Å². The lowest BCUT2D eigenvalue weighted by Gasteiger charge is -2.21. The standard InChI is InChI=1S/C13H16N2O4/c16-12(7-10-3-1-2-6-19-10)15-9-4-5-11(13(17)18)14-8-9/h4-5,8,10H,1-3,6-7H2,(H,15,16)(H,17,18). The first-order chi connectivity index (χ1) is 9.15.